The van der Waals surface area contributed by atoms with Crippen LogP contribution in [0.15, 0.2) is 36.4 Å². The molecule has 0 aliphatic rings. The number of rotatable bonds is 8. The van der Waals surface area contributed by atoms with Gasteiger partial charge >= 0.3 is 0 Å². The minimum atomic E-state index is -0.799. The van der Waals surface area contributed by atoms with Gasteiger partial charge in [-0.25, -0.2) is 4.39 Å². The molecule has 0 unspecified atom stereocenters. The van der Waals surface area contributed by atoms with Crippen LogP contribution in [0.4, 0.5) is 4.39 Å². The zero-order valence-electron chi connectivity index (χ0n) is 14.0. The predicted octanol–water partition coefficient (Wildman–Crippen LogP) is 2.67. The van der Waals surface area contributed by atoms with Crippen LogP contribution in [0.2, 0.25) is 0 Å². The lowest BCUT2D eigenvalue weighted by Gasteiger charge is -2.17. The summed E-state index contributed by atoms with van der Waals surface area (Å²) in [6, 6.07) is 9.59. The molecule has 1 atom stereocenters. The molecule has 0 fully saturated rings. The minimum Gasteiger partial charge on any atom is -0.493 e. The van der Waals surface area contributed by atoms with E-state index in [0.717, 1.165) is 5.56 Å². The molecule has 2 rings (SSSR count). The fourth-order valence-corrected chi connectivity index (χ4v) is 2.48. The third-order valence-corrected chi connectivity index (χ3v) is 3.67. The first-order chi connectivity index (χ1) is 11.6. The molecular formula is C18H22FNO4. The summed E-state index contributed by atoms with van der Waals surface area (Å²) in [5, 5.41) is 13.3. The highest BCUT2D eigenvalue weighted by Gasteiger charge is 2.16. The van der Waals surface area contributed by atoms with Gasteiger partial charge in [-0.05, 0) is 23.8 Å². The first kappa shape index (κ1) is 18.0. The number of hydrogen-bond acceptors (Lipinski definition) is 5. The van der Waals surface area contributed by atoms with Crippen LogP contribution in [0.25, 0.3) is 0 Å². The van der Waals surface area contributed by atoms with E-state index in [-0.39, 0.29) is 12.4 Å². The maximum atomic E-state index is 13.2. The number of methoxy groups -OCH3 is 3. The van der Waals surface area contributed by atoms with Gasteiger partial charge in [0, 0.05) is 18.7 Å². The fourth-order valence-electron chi connectivity index (χ4n) is 2.48. The van der Waals surface area contributed by atoms with E-state index >= 15 is 0 Å². The second-order valence-corrected chi connectivity index (χ2v) is 5.20. The first-order valence-corrected chi connectivity index (χ1v) is 7.52. The van der Waals surface area contributed by atoms with Gasteiger partial charge < -0.3 is 24.6 Å². The van der Waals surface area contributed by atoms with E-state index in [1.54, 1.807) is 39.5 Å². The normalized spacial score (nSPS) is 11.9. The van der Waals surface area contributed by atoms with Crippen molar-refractivity contribution in [3.8, 4) is 17.2 Å². The van der Waals surface area contributed by atoms with Crippen LogP contribution >= 0.6 is 0 Å². The molecule has 0 saturated heterocycles. The number of benzene rings is 2. The summed E-state index contributed by atoms with van der Waals surface area (Å²) in [6.07, 6.45) is -0.799. The number of aliphatic hydroxyl groups excluding tert-OH is 1. The third-order valence-electron chi connectivity index (χ3n) is 3.67. The van der Waals surface area contributed by atoms with Gasteiger partial charge in [-0.1, -0.05) is 18.2 Å². The molecule has 0 radical (unpaired) electrons. The lowest BCUT2D eigenvalue weighted by atomic mass is 10.1. The largest absolute Gasteiger partial charge is 0.493 e. The van der Waals surface area contributed by atoms with Crippen LogP contribution < -0.4 is 19.5 Å². The molecule has 0 aliphatic heterocycles. The molecule has 24 heavy (non-hydrogen) atoms. The summed E-state index contributed by atoms with van der Waals surface area (Å²) in [5.74, 6) is 1.31. The highest BCUT2D eigenvalue weighted by atomic mass is 19.1. The van der Waals surface area contributed by atoms with Crippen LogP contribution in [0, 0.1) is 5.82 Å². The van der Waals surface area contributed by atoms with E-state index in [1.807, 2.05) is 6.07 Å². The Hall–Kier alpha value is -2.31. The van der Waals surface area contributed by atoms with E-state index in [2.05, 4.69) is 5.32 Å². The van der Waals surface area contributed by atoms with Crippen molar-refractivity contribution in [1.29, 1.82) is 0 Å². The summed E-state index contributed by atoms with van der Waals surface area (Å²) < 4.78 is 29.2. The molecule has 0 saturated carbocycles. The topological polar surface area (TPSA) is 60.0 Å². The standard InChI is InChI=1S/C18H22FNO4/c1-22-16-8-7-13(17(23-2)18(16)24-3)10-20-11-15(21)12-5-4-6-14(19)9-12/h4-9,15,20-21H,10-11H2,1-3H3/t15-/m1/s1. The molecule has 0 spiro atoms. The molecule has 2 N–H and O–H groups in total. The molecule has 130 valence electrons. The van der Waals surface area contributed by atoms with E-state index in [4.69, 9.17) is 14.2 Å². The number of nitrogens with one attached hydrogen (secondary N) is 1. The average Bonchev–Trinajstić information content (AvgIpc) is 2.60. The summed E-state index contributed by atoms with van der Waals surface area (Å²) in [4.78, 5) is 0. The van der Waals surface area contributed by atoms with Gasteiger partial charge in [-0.15, -0.1) is 0 Å². The Morgan fingerprint density at radius 1 is 1.04 bits per heavy atom. The van der Waals surface area contributed by atoms with Gasteiger partial charge in [0.05, 0.1) is 27.4 Å². The zero-order chi connectivity index (χ0) is 17.5. The summed E-state index contributed by atoms with van der Waals surface area (Å²) in [6.45, 7) is 0.733. The third kappa shape index (κ3) is 4.15. The van der Waals surface area contributed by atoms with E-state index in [9.17, 15) is 9.50 Å². The van der Waals surface area contributed by atoms with Crippen molar-refractivity contribution >= 4 is 0 Å². The number of ether oxygens (including phenoxy) is 3. The number of halogens is 1. The molecule has 0 heterocycles. The Morgan fingerprint density at radius 3 is 2.42 bits per heavy atom. The Bertz CT molecular complexity index is 678. The highest BCUT2D eigenvalue weighted by molar-refractivity contribution is 5.55. The first-order valence-electron chi connectivity index (χ1n) is 7.52. The Morgan fingerprint density at radius 2 is 1.79 bits per heavy atom. The lowest BCUT2D eigenvalue weighted by molar-refractivity contribution is 0.173. The monoisotopic (exact) mass is 335 g/mol. The zero-order valence-corrected chi connectivity index (χ0v) is 14.0. The molecule has 2 aromatic rings. The van der Waals surface area contributed by atoms with E-state index in [1.165, 1.54) is 12.1 Å². The Balaban J connectivity index is 2.04. The molecule has 0 amide bonds. The van der Waals surface area contributed by atoms with Crippen LogP contribution in [0.1, 0.15) is 17.2 Å². The van der Waals surface area contributed by atoms with E-state index in [0.29, 0.717) is 29.4 Å². The quantitative estimate of drug-likeness (QED) is 0.777. The molecule has 6 heteroatoms. The summed E-state index contributed by atoms with van der Waals surface area (Å²) >= 11 is 0. The fraction of sp³-hybridized carbons (Fsp3) is 0.333. The summed E-state index contributed by atoms with van der Waals surface area (Å²) in [5.41, 5.74) is 1.39. The van der Waals surface area contributed by atoms with Crippen LogP contribution in [-0.4, -0.2) is 33.0 Å². The van der Waals surface area contributed by atoms with Crippen molar-refractivity contribution in [3.05, 3.63) is 53.3 Å². The highest BCUT2D eigenvalue weighted by Crippen LogP contribution is 2.39. The van der Waals surface area contributed by atoms with Crippen molar-refractivity contribution in [2.24, 2.45) is 0 Å². The van der Waals surface area contributed by atoms with Gasteiger partial charge in [-0.2, -0.15) is 0 Å². The molecule has 5 nitrogen and oxygen atoms in total. The lowest BCUT2D eigenvalue weighted by Crippen LogP contribution is -2.21. The summed E-state index contributed by atoms with van der Waals surface area (Å²) in [7, 11) is 4.66. The maximum Gasteiger partial charge on any atom is 0.203 e. The van der Waals surface area contributed by atoms with Crippen LogP contribution in [-0.2, 0) is 6.54 Å². The van der Waals surface area contributed by atoms with Crippen molar-refractivity contribution < 1.29 is 23.7 Å². The second-order valence-electron chi connectivity index (χ2n) is 5.20. The molecule has 0 bridgehead atoms. The average molecular weight is 335 g/mol. The van der Waals surface area contributed by atoms with Gasteiger partial charge in [0.15, 0.2) is 11.5 Å². The maximum absolute atomic E-state index is 13.2. The Kier molecular flexibility index (Phi) is 6.40. The number of aliphatic hydroxyl groups is 1. The number of hydrogen-bond donors (Lipinski definition) is 2. The van der Waals surface area contributed by atoms with E-state index < -0.39 is 6.10 Å². The molecule has 2 aromatic carbocycles. The van der Waals surface area contributed by atoms with Gasteiger partial charge in [0.2, 0.25) is 5.75 Å². The van der Waals surface area contributed by atoms with Crippen molar-refractivity contribution in [2.75, 3.05) is 27.9 Å². The van der Waals surface area contributed by atoms with Crippen molar-refractivity contribution in [2.45, 2.75) is 12.6 Å². The van der Waals surface area contributed by atoms with Crippen LogP contribution in [0.3, 0.4) is 0 Å². The molecule has 0 aromatic heterocycles. The molecular weight excluding hydrogens is 313 g/mol. The van der Waals surface area contributed by atoms with Gasteiger partial charge in [0.1, 0.15) is 5.82 Å². The smallest absolute Gasteiger partial charge is 0.203 e. The van der Waals surface area contributed by atoms with Gasteiger partial charge in [-0.3, -0.25) is 0 Å². The van der Waals surface area contributed by atoms with Crippen molar-refractivity contribution in [3.63, 3.8) is 0 Å². The second kappa shape index (κ2) is 8.52. The Labute approximate surface area is 141 Å². The van der Waals surface area contributed by atoms with Crippen LogP contribution in [0.5, 0.6) is 17.2 Å². The van der Waals surface area contributed by atoms with Gasteiger partial charge in [0.25, 0.3) is 0 Å². The molecule has 0 aliphatic carbocycles. The predicted molar refractivity (Wildman–Crippen MR) is 89.2 cm³/mol. The van der Waals surface area contributed by atoms with Crippen molar-refractivity contribution in [1.82, 2.24) is 5.32 Å². The minimum absolute atomic E-state index is 0.279. The SMILES string of the molecule is COc1ccc(CNC[C@@H](O)c2cccc(F)c2)c(OC)c1OC.